The van der Waals surface area contributed by atoms with E-state index in [-0.39, 0.29) is 0 Å². The first-order chi connectivity index (χ1) is 8.20. The second-order valence-electron chi connectivity index (χ2n) is 3.93. The van der Waals surface area contributed by atoms with Crippen molar-refractivity contribution in [2.75, 3.05) is 23.5 Å². The van der Waals surface area contributed by atoms with Gasteiger partial charge in [-0.3, -0.25) is 0 Å². The molecule has 0 unspecified atom stereocenters. The number of aromatic nitrogens is 1. The minimum absolute atomic E-state index is 0.399. The lowest BCUT2D eigenvalue weighted by atomic mass is 10.2. The predicted molar refractivity (Wildman–Crippen MR) is 74.4 cm³/mol. The van der Waals surface area contributed by atoms with Crippen LogP contribution >= 0.6 is 11.8 Å². The Morgan fingerprint density at radius 3 is 3.00 bits per heavy atom. The van der Waals surface area contributed by atoms with Gasteiger partial charge in [0.2, 0.25) is 0 Å². The van der Waals surface area contributed by atoms with Crippen LogP contribution in [0.1, 0.15) is 25.8 Å². The molecule has 0 spiro atoms. The standard InChI is InChI=1S/C13H19N3S/c1-4-17-9-7-11(2)16(3)13-12(10-14)6-5-8-15-13/h5-6,8,11H,4,7,9H2,1-3H3/t11-/m1/s1. The van der Waals surface area contributed by atoms with Gasteiger partial charge in [-0.05, 0) is 37.0 Å². The van der Waals surface area contributed by atoms with Crippen LogP contribution in [0.3, 0.4) is 0 Å². The lowest BCUT2D eigenvalue weighted by Gasteiger charge is -2.26. The summed E-state index contributed by atoms with van der Waals surface area (Å²) in [4.78, 5) is 6.39. The zero-order valence-corrected chi connectivity index (χ0v) is 11.5. The van der Waals surface area contributed by atoms with E-state index >= 15 is 0 Å². The number of thioether (sulfide) groups is 1. The summed E-state index contributed by atoms with van der Waals surface area (Å²) in [5.41, 5.74) is 0.644. The predicted octanol–water partition coefficient (Wildman–Crippen LogP) is 2.92. The van der Waals surface area contributed by atoms with Crippen LogP contribution in [-0.4, -0.2) is 29.6 Å². The van der Waals surface area contributed by atoms with Crippen molar-refractivity contribution in [1.29, 1.82) is 5.26 Å². The summed E-state index contributed by atoms with van der Waals surface area (Å²) in [5.74, 6) is 3.09. The van der Waals surface area contributed by atoms with Crippen LogP contribution in [0.25, 0.3) is 0 Å². The number of rotatable bonds is 6. The maximum Gasteiger partial charge on any atom is 0.146 e. The van der Waals surface area contributed by atoms with Crippen LogP contribution in [0.2, 0.25) is 0 Å². The molecule has 4 heteroatoms. The van der Waals surface area contributed by atoms with Gasteiger partial charge < -0.3 is 4.90 Å². The summed E-state index contributed by atoms with van der Waals surface area (Å²) in [6.45, 7) is 4.34. The molecule has 1 aromatic heterocycles. The quantitative estimate of drug-likeness (QED) is 0.727. The third-order valence-electron chi connectivity index (χ3n) is 2.79. The van der Waals surface area contributed by atoms with Gasteiger partial charge in [-0.15, -0.1) is 0 Å². The van der Waals surface area contributed by atoms with Crippen molar-refractivity contribution in [1.82, 2.24) is 4.98 Å². The highest BCUT2D eigenvalue weighted by Crippen LogP contribution is 2.19. The minimum Gasteiger partial charge on any atom is -0.356 e. The van der Waals surface area contributed by atoms with Crippen molar-refractivity contribution < 1.29 is 0 Å². The van der Waals surface area contributed by atoms with E-state index in [4.69, 9.17) is 5.26 Å². The molecule has 0 aromatic carbocycles. The Balaban J connectivity index is 2.68. The number of nitrogens with zero attached hydrogens (tertiary/aromatic N) is 3. The molecule has 1 heterocycles. The van der Waals surface area contributed by atoms with Gasteiger partial charge in [-0.25, -0.2) is 4.98 Å². The van der Waals surface area contributed by atoms with Gasteiger partial charge in [0.25, 0.3) is 0 Å². The molecule has 17 heavy (non-hydrogen) atoms. The molecule has 1 atom stereocenters. The van der Waals surface area contributed by atoms with E-state index in [2.05, 4.69) is 29.8 Å². The van der Waals surface area contributed by atoms with E-state index in [1.54, 1.807) is 12.3 Å². The molecule has 0 radical (unpaired) electrons. The van der Waals surface area contributed by atoms with Crippen molar-refractivity contribution in [3.63, 3.8) is 0 Å². The van der Waals surface area contributed by atoms with Gasteiger partial charge in [0, 0.05) is 19.3 Å². The summed E-state index contributed by atoms with van der Waals surface area (Å²) in [7, 11) is 2.00. The molecule has 0 aliphatic carbocycles. The van der Waals surface area contributed by atoms with Crippen molar-refractivity contribution in [3.8, 4) is 6.07 Å². The van der Waals surface area contributed by atoms with Gasteiger partial charge in [0.15, 0.2) is 0 Å². The lowest BCUT2D eigenvalue weighted by Crippen LogP contribution is -2.30. The monoisotopic (exact) mass is 249 g/mol. The molecule has 0 fully saturated rings. The molecule has 92 valence electrons. The number of hydrogen-bond donors (Lipinski definition) is 0. The third kappa shape index (κ3) is 3.94. The number of pyridine rings is 1. The number of anilines is 1. The zero-order valence-electron chi connectivity index (χ0n) is 10.7. The Morgan fingerprint density at radius 1 is 1.59 bits per heavy atom. The maximum atomic E-state index is 9.04. The van der Waals surface area contributed by atoms with E-state index in [0.29, 0.717) is 11.6 Å². The van der Waals surface area contributed by atoms with Crippen LogP contribution < -0.4 is 4.90 Å². The van der Waals surface area contributed by atoms with Gasteiger partial charge in [0.05, 0.1) is 5.56 Å². The Labute approximate surface area is 108 Å². The minimum atomic E-state index is 0.399. The van der Waals surface area contributed by atoms with E-state index in [9.17, 15) is 0 Å². The first-order valence-corrected chi connectivity index (χ1v) is 7.01. The molecule has 1 rings (SSSR count). The van der Waals surface area contributed by atoms with Crippen LogP contribution in [0.5, 0.6) is 0 Å². The SMILES string of the molecule is CCSCC[C@@H](C)N(C)c1ncccc1C#N. The fraction of sp³-hybridized carbons (Fsp3) is 0.538. The highest BCUT2D eigenvalue weighted by atomic mass is 32.2. The molecule has 0 aliphatic heterocycles. The van der Waals surface area contributed by atoms with Crippen LogP contribution in [0.15, 0.2) is 18.3 Å². The van der Waals surface area contributed by atoms with Crippen molar-refractivity contribution >= 4 is 17.6 Å². The van der Waals surface area contributed by atoms with Crippen LogP contribution in [0, 0.1) is 11.3 Å². The summed E-state index contributed by atoms with van der Waals surface area (Å²) >= 11 is 1.95. The Bertz CT molecular complexity index is 386. The van der Waals surface area contributed by atoms with Crippen molar-refractivity contribution in [2.45, 2.75) is 26.3 Å². The summed E-state index contributed by atoms with van der Waals surface area (Å²) in [5, 5.41) is 9.04. The first kappa shape index (κ1) is 13.9. The molecule has 0 N–H and O–H groups in total. The van der Waals surface area contributed by atoms with Crippen LogP contribution in [-0.2, 0) is 0 Å². The van der Waals surface area contributed by atoms with Gasteiger partial charge in [-0.1, -0.05) is 6.92 Å². The molecule has 0 aliphatic rings. The second kappa shape index (κ2) is 7.18. The molecule has 0 bridgehead atoms. The molecular formula is C13H19N3S. The Morgan fingerprint density at radius 2 is 2.35 bits per heavy atom. The van der Waals surface area contributed by atoms with Gasteiger partial charge in [-0.2, -0.15) is 17.0 Å². The van der Waals surface area contributed by atoms with Gasteiger partial charge in [0.1, 0.15) is 11.9 Å². The molecule has 0 saturated heterocycles. The van der Waals surface area contributed by atoms with Crippen molar-refractivity contribution in [2.24, 2.45) is 0 Å². The van der Waals surface area contributed by atoms with E-state index < -0.39 is 0 Å². The Hall–Kier alpha value is -1.21. The smallest absolute Gasteiger partial charge is 0.146 e. The van der Waals surface area contributed by atoms with E-state index in [1.165, 1.54) is 0 Å². The molecule has 0 amide bonds. The average Bonchev–Trinajstić information content (AvgIpc) is 2.38. The molecular weight excluding hydrogens is 230 g/mol. The van der Waals surface area contributed by atoms with Crippen LogP contribution in [0.4, 0.5) is 5.82 Å². The molecule has 1 aromatic rings. The lowest BCUT2D eigenvalue weighted by molar-refractivity contribution is 0.661. The largest absolute Gasteiger partial charge is 0.356 e. The highest BCUT2D eigenvalue weighted by Gasteiger charge is 2.14. The second-order valence-corrected chi connectivity index (χ2v) is 5.33. The van der Waals surface area contributed by atoms with E-state index in [1.807, 2.05) is 24.9 Å². The first-order valence-electron chi connectivity index (χ1n) is 5.86. The van der Waals surface area contributed by atoms with E-state index in [0.717, 1.165) is 23.7 Å². The maximum absolute atomic E-state index is 9.04. The highest BCUT2D eigenvalue weighted by molar-refractivity contribution is 7.99. The molecule has 0 saturated carbocycles. The topological polar surface area (TPSA) is 39.9 Å². The summed E-state index contributed by atoms with van der Waals surface area (Å²) in [6.07, 6.45) is 2.84. The molecule has 3 nitrogen and oxygen atoms in total. The normalized spacial score (nSPS) is 11.9. The summed E-state index contributed by atoms with van der Waals surface area (Å²) in [6, 6.07) is 6.20. The fourth-order valence-electron chi connectivity index (χ4n) is 1.57. The Kier molecular flexibility index (Phi) is 5.85. The zero-order chi connectivity index (χ0) is 12.7. The van der Waals surface area contributed by atoms with Crippen molar-refractivity contribution in [3.05, 3.63) is 23.9 Å². The third-order valence-corrected chi connectivity index (χ3v) is 3.72. The number of hydrogen-bond acceptors (Lipinski definition) is 4. The average molecular weight is 249 g/mol. The number of nitriles is 1. The summed E-state index contributed by atoms with van der Waals surface area (Å²) < 4.78 is 0. The fourth-order valence-corrected chi connectivity index (χ4v) is 2.36. The van der Waals surface area contributed by atoms with Gasteiger partial charge >= 0.3 is 0 Å².